The van der Waals surface area contributed by atoms with Crippen LogP contribution in [0, 0.1) is 0 Å². The number of aliphatic carboxylic acids is 2. The Morgan fingerprint density at radius 1 is 0.810 bits per heavy atom. The minimum absolute atomic E-state index is 0.00797. The van der Waals surface area contributed by atoms with Crippen molar-refractivity contribution in [2.24, 2.45) is 0 Å². The van der Waals surface area contributed by atoms with Crippen LogP contribution >= 0.6 is 33.3 Å². The average molecular weight is 651 g/mol. The number of fused-ring (bicyclic) bond motifs is 1. The number of carbonyl (C=O) groups is 7. The van der Waals surface area contributed by atoms with E-state index >= 15 is 0 Å². The van der Waals surface area contributed by atoms with Crippen LogP contribution in [0.5, 0.6) is 0 Å². The molecule has 2 rings (SSSR count). The zero-order chi connectivity index (χ0) is 30.9. The second-order valence-corrected chi connectivity index (χ2v) is 13.5. The fraction of sp³-hybridized carbons (Fsp3) is 0.708. The third-order valence-corrected chi connectivity index (χ3v) is 10.1. The van der Waals surface area contributed by atoms with Crippen molar-refractivity contribution in [3.05, 3.63) is 0 Å². The molecule has 236 valence electrons. The topological polar surface area (TPSA) is 232 Å². The summed E-state index contributed by atoms with van der Waals surface area (Å²) in [6.07, 6.45) is 2.31. The molecule has 0 aromatic rings. The summed E-state index contributed by atoms with van der Waals surface area (Å²) in [6.45, 7) is -0.0197. The number of rotatable bonds is 21. The Morgan fingerprint density at radius 2 is 1.45 bits per heavy atom. The Balaban J connectivity index is 1.55. The summed E-state index contributed by atoms with van der Waals surface area (Å²) in [5.41, 5.74) is 0. The van der Waals surface area contributed by atoms with E-state index in [1.807, 2.05) is 11.8 Å². The number of carbonyl (C=O) groups excluding carboxylic acids is 5. The molecule has 2 fully saturated rings. The van der Waals surface area contributed by atoms with Crippen LogP contribution in [-0.2, 0) is 28.8 Å². The van der Waals surface area contributed by atoms with Crippen LogP contribution in [0.15, 0.2) is 0 Å². The molecule has 0 bridgehead atoms. The van der Waals surface area contributed by atoms with Crippen molar-refractivity contribution in [1.82, 2.24) is 31.9 Å². The van der Waals surface area contributed by atoms with Crippen molar-refractivity contribution in [1.29, 1.82) is 0 Å². The molecule has 0 unspecified atom stereocenters. The lowest BCUT2D eigenvalue weighted by molar-refractivity contribution is -0.138. The van der Waals surface area contributed by atoms with E-state index in [1.54, 1.807) is 0 Å². The SMILES string of the molecule is O=C(O)CCNC(=O)C(NC(=O)CCSSCCNC(=O)CCCC[C@@H]1SC[C@@H]2NC(=O)N[C@@H]21)C(=O)NCCC(=O)O. The molecule has 6 amide bonds. The molecule has 15 nitrogen and oxygen atoms in total. The Morgan fingerprint density at radius 3 is 2.10 bits per heavy atom. The van der Waals surface area contributed by atoms with Crippen LogP contribution in [-0.4, -0.2) is 112 Å². The fourth-order valence-corrected chi connectivity index (χ4v) is 7.56. The zero-order valence-corrected chi connectivity index (χ0v) is 25.4. The predicted molar refractivity (Wildman–Crippen MR) is 159 cm³/mol. The molecule has 0 radical (unpaired) electrons. The van der Waals surface area contributed by atoms with E-state index < -0.39 is 35.7 Å². The number of nitrogens with one attached hydrogen (secondary N) is 6. The van der Waals surface area contributed by atoms with Crippen LogP contribution in [0.4, 0.5) is 4.79 Å². The van der Waals surface area contributed by atoms with Gasteiger partial charge < -0.3 is 42.1 Å². The molecule has 3 atom stereocenters. The summed E-state index contributed by atoms with van der Waals surface area (Å²) in [5.74, 6) is -2.81. The van der Waals surface area contributed by atoms with E-state index in [-0.39, 0.29) is 56.4 Å². The molecular formula is C24H38N6O9S3. The number of hydrogen-bond donors (Lipinski definition) is 8. The molecule has 2 aliphatic rings. The number of amides is 6. The smallest absolute Gasteiger partial charge is 0.315 e. The van der Waals surface area contributed by atoms with Crippen LogP contribution in [0.25, 0.3) is 0 Å². The summed E-state index contributed by atoms with van der Waals surface area (Å²) in [6, 6.07) is -1.37. The highest BCUT2D eigenvalue weighted by atomic mass is 33.1. The maximum atomic E-state index is 12.3. The first-order valence-corrected chi connectivity index (χ1v) is 17.1. The number of unbranched alkanes of at least 4 members (excludes halogenated alkanes) is 1. The summed E-state index contributed by atoms with van der Waals surface area (Å²) in [5, 5.41) is 33.4. The van der Waals surface area contributed by atoms with Gasteiger partial charge in [-0.25, -0.2) is 4.79 Å². The maximum absolute atomic E-state index is 12.3. The largest absolute Gasteiger partial charge is 0.481 e. The Labute approximate surface area is 255 Å². The highest BCUT2D eigenvalue weighted by molar-refractivity contribution is 8.76. The maximum Gasteiger partial charge on any atom is 0.315 e. The van der Waals surface area contributed by atoms with E-state index in [2.05, 4.69) is 31.9 Å². The molecule has 42 heavy (non-hydrogen) atoms. The summed E-state index contributed by atoms with van der Waals surface area (Å²) < 4.78 is 0. The van der Waals surface area contributed by atoms with Crippen molar-refractivity contribution in [3.8, 4) is 0 Å². The normalized spacial score (nSPS) is 18.9. The van der Waals surface area contributed by atoms with Gasteiger partial charge in [-0.2, -0.15) is 11.8 Å². The monoisotopic (exact) mass is 650 g/mol. The average Bonchev–Trinajstić information content (AvgIpc) is 3.47. The Hall–Kier alpha value is -2.86. The van der Waals surface area contributed by atoms with Gasteiger partial charge in [0.25, 0.3) is 11.8 Å². The minimum Gasteiger partial charge on any atom is -0.481 e. The highest BCUT2D eigenvalue weighted by Gasteiger charge is 2.42. The number of urea groups is 1. The lowest BCUT2D eigenvalue weighted by atomic mass is 10.0. The van der Waals surface area contributed by atoms with E-state index in [1.165, 1.54) is 21.6 Å². The molecule has 0 spiro atoms. The van der Waals surface area contributed by atoms with Gasteiger partial charge in [0, 0.05) is 55.0 Å². The number of carboxylic acids is 2. The van der Waals surface area contributed by atoms with Crippen molar-refractivity contribution in [2.45, 2.75) is 68.3 Å². The lowest BCUT2D eigenvalue weighted by Crippen LogP contribution is -2.55. The molecule has 0 aromatic heterocycles. The van der Waals surface area contributed by atoms with Gasteiger partial charge in [-0.15, -0.1) is 0 Å². The predicted octanol–water partition coefficient (Wildman–Crippen LogP) is -0.733. The highest BCUT2D eigenvalue weighted by Crippen LogP contribution is 2.33. The van der Waals surface area contributed by atoms with Gasteiger partial charge in [0.05, 0.1) is 24.9 Å². The minimum atomic E-state index is -1.64. The molecule has 2 saturated heterocycles. The molecule has 0 aliphatic carbocycles. The van der Waals surface area contributed by atoms with Gasteiger partial charge in [0.15, 0.2) is 6.04 Å². The zero-order valence-electron chi connectivity index (χ0n) is 23.0. The summed E-state index contributed by atoms with van der Waals surface area (Å²) in [4.78, 5) is 81.8. The Kier molecular flexibility index (Phi) is 16.3. The van der Waals surface area contributed by atoms with Crippen LogP contribution in [0.3, 0.4) is 0 Å². The summed E-state index contributed by atoms with van der Waals surface area (Å²) >= 11 is 1.85. The molecule has 18 heteroatoms. The molecule has 2 aliphatic heterocycles. The molecular weight excluding hydrogens is 612 g/mol. The third kappa shape index (κ3) is 13.9. The lowest BCUT2D eigenvalue weighted by Gasteiger charge is -2.18. The second-order valence-electron chi connectivity index (χ2n) is 9.48. The molecule has 8 N–H and O–H groups in total. The van der Waals surface area contributed by atoms with Crippen molar-refractivity contribution < 1.29 is 43.8 Å². The van der Waals surface area contributed by atoms with Crippen LogP contribution in [0.2, 0.25) is 0 Å². The van der Waals surface area contributed by atoms with Gasteiger partial charge in [0.2, 0.25) is 11.8 Å². The quantitative estimate of drug-likeness (QED) is 0.0332. The van der Waals surface area contributed by atoms with E-state index in [9.17, 15) is 33.6 Å². The van der Waals surface area contributed by atoms with Crippen molar-refractivity contribution in [3.63, 3.8) is 0 Å². The summed E-state index contributed by atoms with van der Waals surface area (Å²) in [7, 11) is 2.85. The number of carboxylic acid groups (broad SMARTS) is 2. The first-order chi connectivity index (χ1) is 20.1. The number of thioether (sulfide) groups is 1. The van der Waals surface area contributed by atoms with Crippen LogP contribution in [0.1, 0.15) is 44.9 Å². The molecule has 0 aromatic carbocycles. The van der Waals surface area contributed by atoms with Gasteiger partial charge in [-0.1, -0.05) is 28.0 Å². The third-order valence-electron chi connectivity index (χ3n) is 6.19. The van der Waals surface area contributed by atoms with E-state index in [0.717, 1.165) is 25.0 Å². The van der Waals surface area contributed by atoms with Crippen LogP contribution < -0.4 is 31.9 Å². The van der Waals surface area contributed by atoms with E-state index in [0.29, 0.717) is 29.7 Å². The molecule has 2 heterocycles. The van der Waals surface area contributed by atoms with Gasteiger partial charge in [-0.05, 0) is 12.8 Å². The van der Waals surface area contributed by atoms with Gasteiger partial charge in [0.1, 0.15) is 0 Å². The standard InChI is InChI=1S/C24H38N6O9S3/c31-16(4-2-1-3-15-20-14(13-40-15)28-24(39)30-20)25-10-12-42-41-11-7-17(32)29-21(22(37)26-8-5-18(33)34)23(38)27-9-6-19(35)36/h14-15,20-21H,1-13H2,(H,25,31)(H,26,37)(H,27,38)(H,29,32)(H,33,34)(H,35,36)(H2,28,30,39)/t14-,15-,20-/m0/s1. The van der Waals surface area contributed by atoms with Crippen molar-refractivity contribution >= 4 is 74.9 Å². The van der Waals surface area contributed by atoms with Gasteiger partial charge >= 0.3 is 18.0 Å². The second kappa shape index (κ2) is 19.4. The molecule has 0 saturated carbocycles. The first kappa shape index (κ1) is 35.3. The van der Waals surface area contributed by atoms with Gasteiger partial charge in [-0.3, -0.25) is 28.8 Å². The van der Waals surface area contributed by atoms with Crippen molar-refractivity contribution in [2.75, 3.05) is 36.9 Å². The first-order valence-electron chi connectivity index (χ1n) is 13.5. The number of hydrogen-bond acceptors (Lipinski definition) is 10. The fourth-order valence-electron chi connectivity index (χ4n) is 4.12. The van der Waals surface area contributed by atoms with E-state index in [4.69, 9.17) is 10.2 Å². The Bertz CT molecular complexity index is 957.